The molecule has 0 radical (unpaired) electrons. The second kappa shape index (κ2) is 5.84. The van der Waals surface area contributed by atoms with E-state index in [1.807, 2.05) is 12.1 Å². The van der Waals surface area contributed by atoms with Gasteiger partial charge < -0.3 is 4.90 Å². The van der Waals surface area contributed by atoms with E-state index in [0.29, 0.717) is 12.6 Å². The summed E-state index contributed by atoms with van der Waals surface area (Å²) in [4.78, 5) is 20.7. The fourth-order valence-corrected chi connectivity index (χ4v) is 4.39. The molecule has 3 nitrogen and oxygen atoms in total. The number of nitrogens with zero attached hydrogens (tertiary/aromatic N) is 2. The first-order valence-electron chi connectivity index (χ1n) is 8.12. The number of hydrogen-bond donors (Lipinski definition) is 0. The minimum atomic E-state index is 0.235. The Balaban J connectivity index is 1.60. The molecule has 0 N–H and O–H groups in total. The molecule has 2 heterocycles. The minimum Gasteiger partial charge on any atom is -0.331 e. The van der Waals surface area contributed by atoms with Gasteiger partial charge in [0, 0.05) is 35.2 Å². The molecular weight excluding hydrogens is 292 g/mol. The van der Waals surface area contributed by atoms with E-state index in [0.717, 1.165) is 31.2 Å². The highest BCUT2D eigenvalue weighted by Crippen LogP contribution is 2.34. The first kappa shape index (κ1) is 13.9. The standard InChI is InChI=1S/C18H20N2OS/c21-18(16-12-22-17-4-2-1-3-15(16)17)20(14-5-6-14)11-13-7-9-19-10-8-13/h7-10,12,14H,1-6,11H2. The molecule has 4 heteroatoms. The summed E-state index contributed by atoms with van der Waals surface area (Å²) in [7, 11) is 0. The maximum Gasteiger partial charge on any atom is 0.255 e. The van der Waals surface area contributed by atoms with Gasteiger partial charge in [0.15, 0.2) is 0 Å². The number of carbonyl (C=O) groups is 1. The minimum absolute atomic E-state index is 0.235. The Hall–Kier alpha value is -1.68. The lowest BCUT2D eigenvalue weighted by Crippen LogP contribution is -2.33. The molecular formula is C18H20N2OS. The Morgan fingerprint density at radius 3 is 2.77 bits per heavy atom. The van der Waals surface area contributed by atoms with Gasteiger partial charge in [0.1, 0.15) is 0 Å². The molecule has 1 amide bonds. The van der Waals surface area contributed by atoms with Gasteiger partial charge in [-0.1, -0.05) is 0 Å². The number of carbonyl (C=O) groups excluding carboxylic acids is 1. The van der Waals surface area contributed by atoms with Crippen LogP contribution in [0.2, 0.25) is 0 Å². The second-order valence-corrected chi connectivity index (χ2v) is 7.24. The van der Waals surface area contributed by atoms with Crippen molar-refractivity contribution in [1.29, 1.82) is 0 Å². The molecule has 4 rings (SSSR count). The third kappa shape index (κ3) is 2.68. The van der Waals surface area contributed by atoms with Crippen LogP contribution in [0.3, 0.4) is 0 Å². The number of pyridine rings is 1. The molecule has 0 aromatic carbocycles. The Bertz CT molecular complexity index is 676. The van der Waals surface area contributed by atoms with Crippen LogP contribution in [0.4, 0.5) is 0 Å². The molecule has 2 aliphatic carbocycles. The van der Waals surface area contributed by atoms with Gasteiger partial charge >= 0.3 is 0 Å². The van der Waals surface area contributed by atoms with Crippen molar-refractivity contribution in [2.75, 3.05) is 0 Å². The molecule has 2 aromatic heterocycles. The molecule has 0 saturated heterocycles. The van der Waals surface area contributed by atoms with Crippen molar-refractivity contribution in [3.8, 4) is 0 Å². The number of aryl methyl sites for hydroxylation is 1. The summed E-state index contributed by atoms with van der Waals surface area (Å²) in [6, 6.07) is 4.44. The number of fused-ring (bicyclic) bond motifs is 1. The van der Waals surface area contributed by atoms with Crippen LogP contribution < -0.4 is 0 Å². The summed E-state index contributed by atoms with van der Waals surface area (Å²) in [5.41, 5.74) is 3.47. The Morgan fingerprint density at radius 1 is 1.23 bits per heavy atom. The number of amides is 1. The topological polar surface area (TPSA) is 33.2 Å². The summed E-state index contributed by atoms with van der Waals surface area (Å²) >= 11 is 1.78. The van der Waals surface area contributed by atoms with Crippen LogP contribution in [0.15, 0.2) is 29.9 Å². The van der Waals surface area contributed by atoms with Gasteiger partial charge in [0.05, 0.1) is 5.56 Å². The number of hydrogen-bond acceptors (Lipinski definition) is 3. The quantitative estimate of drug-likeness (QED) is 0.859. The summed E-state index contributed by atoms with van der Waals surface area (Å²) in [5, 5.41) is 2.10. The fourth-order valence-electron chi connectivity index (χ4n) is 3.27. The number of rotatable bonds is 4. The Kier molecular flexibility index (Phi) is 3.70. The van der Waals surface area contributed by atoms with Crippen molar-refractivity contribution in [1.82, 2.24) is 9.88 Å². The van der Waals surface area contributed by atoms with Gasteiger partial charge in [0.2, 0.25) is 0 Å². The molecule has 0 bridgehead atoms. The zero-order chi connectivity index (χ0) is 14.9. The van der Waals surface area contributed by atoms with Crippen LogP contribution in [0, 0.1) is 0 Å². The molecule has 0 spiro atoms. The monoisotopic (exact) mass is 312 g/mol. The molecule has 2 aliphatic rings. The molecule has 22 heavy (non-hydrogen) atoms. The average Bonchev–Trinajstić information content (AvgIpc) is 3.31. The van der Waals surface area contributed by atoms with Crippen LogP contribution in [-0.2, 0) is 19.4 Å². The summed E-state index contributed by atoms with van der Waals surface area (Å²) in [6.45, 7) is 0.705. The number of thiophene rings is 1. The summed E-state index contributed by atoms with van der Waals surface area (Å²) in [5.74, 6) is 0.235. The van der Waals surface area contributed by atoms with E-state index in [2.05, 4.69) is 15.3 Å². The Labute approximate surface area is 135 Å². The van der Waals surface area contributed by atoms with E-state index in [4.69, 9.17) is 0 Å². The zero-order valence-electron chi connectivity index (χ0n) is 12.6. The van der Waals surface area contributed by atoms with E-state index in [-0.39, 0.29) is 5.91 Å². The van der Waals surface area contributed by atoms with Gasteiger partial charge in [-0.15, -0.1) is 11.3 Å². The SMILES string of the molecule is O=C(c1csc2c1CCCC2)N(Cc1ccncc1)C1CC1. The van der Waals surface area contributed by atoms with Crippen LogP contribution in [0.25, 0.3) is 0 Å². The van der Waals surface area contributed by atoms with E-state index >= 15 is 0 Å². The smallest absolute Gasteiger partial charge is 0.255 e. The zero-order valence-corrected chi connectivity index (χ0v) is 13.4. The average molecular weight is 312 g/mol. The van der Waals surface area contributed by atoms with Crippen molar-refractivity contribution in [3.05, 3.63) is 51.5 Å². The molecule has 2 aromatic rings. The van der Waals surface area contributed by atoms with Gasteiger partial charge in [-0.3, -0.25) is 9.78 Å². The van der Waals surface area contributed by atoms with Crippen molar-refractivity contribution in [3.63, 3.8) is 0 Å². The van der Waals surface area contributed by atoms with Crippen molar-refractivity contribution >= 4 is 17.2 Å². The van der Waals surface area contributed by atoms with Crippen molar-refractivity contribution in [2.24, 2.45) is 0 Å². The van der Waals surface area contributed by atoms with Crippen LogP contribution in [0.5, 0.6) is 0 Å². The highest BCUT2D eigenvalue weighted by molar-refractivity contribution is 7.10. The van der Waals surface area contributed by atoms with E-state index in [1.165, 1.54) is 28.8 Å². The van der Waals surface area contributed by atoms with Crippen molar-refractivity contribution in [2.45, 2.75) is 51.1 Å². The lowest BCUT2D eigenvalue weighted by atomic mass is 9.95. The van der Waals surface area contributed by atoms with Gasteiger partial charge in [-0.05, 0) is 61.8 Å². The van der Waals surface area contributed by atoms with E-state index < -0.39 is 0 Å². The predicted molar refractivity (Wildman–Crippen MR) is 88.1 cm³/mol. The molecule has 0 aliphatic heterocycles. The Morgan fingerprint density at radius 2 is 2.00 bits per heavy atom. The highest BCUT2D eigenvalue weighted by Gasteiger charge is 2.34. The molecule has 0 atom stereocenters. The maximum atomic E-state index is 13.1. The lowest BCUT2D eigenvalue weighted by molar-refractivity contribution is 0.0729. The van der Waals surface area contributed by atoms with Crippen LogP contribution in [-0.4, -0.2) is 21.8 Å². The third-order valence-electron chi connectivity index (χ3n) is 4.64. The van der Waals surface area contributed by atoms with Gasteiger partial charge in [-0.25, -0.2) is 0 Å². The predicted octanol–water partition coefficient (Wildman–Crippen LogP) is 3.83. The normalized spacial score (nSPS) is 17.1. The molecule has 0 unspecified atom stereocenters. The molecule has 114 valence electrons. The summed E-state index contributed by atoms with van der Waals surface area (Å²) in [6.07, 6.45) is 10.6. The number of aromatic nitrogens is 1. The van der Waals surface area contributed by atoms with E-state index in [9.17, 15) is 4.79 Å². The molecule has 1 saturated carbocycles. The third-order valence-corrected chi connectivity index (χ3v) is 5.73. The first-order chi connectivity index (χ1) is 10.8. The van der Waals surface area contributed by atoms with E-state index in [1.54, 1.807) is 23.7 Å². The first-order valence-corrected chi connectivity index (χ1v) is 9.00. The van der Waals surface area contributed by atoms with Crippen molar-refractivity contribution < 1.29 is 4.79 Å². The van der Waals surface area contributed by atoms with Crippen LogP contribution in [0.1, 0.15) is 52.0 Å². The molecule has 1 fully saturated rings. The van der Waals surface area contributed by atoms with Crippen LogP contribution >= 0.6 is 11.3 Å². The van der Waals surface area contributed by atoms with Gasteiger partial charge in [-0.2, -0.15) is 0 Å². The highest BCUT2D eigenvalue weighted by atomic mass is 32.1. The second-order valence-electron chi connectivity index (χ2n) is 6.28. The summed E-state index contributed by atoms with van der Waals surface area (Å²) < 4.78 is 0. The lowest BCUT2D eigenvalue weighted by Gasteiger charge is -2.23. The largest absolute Gasteiger partial charge is 0.331 e. The maximum absolute atomic E-state index is 13.1. The fraction of sp³-hybridized carbons (Fsp3) is 0.444. The van der Waals surface area contributed by atoms with Gasteiger partial charge in [0.25, 0.3) is 5.91 Å².